The molecule has 2 rings (SSSR count). The predicted octanol–water partition coefficient (Wildman–Crippen LogP) is 2.78. The number of hydrogen-bond donors (Lipinski definition) is 2. The molecule has 0 spiro atoms. The summed E-state index contributed by atoms with van der Waals surface area (Å²) in [4.78, 5) is 13.1. The Balaban J connectivity index is 0.00000162. The largest absolute Gasteiger partial charge is 0.347 e. The second-order valence-corrected chi connectivity index (χ2v) is 5.79. The van der Waals surface area contributed by atoms with Crippen LogP contribution in [0.1, 0.15) is 47.8 Å². The second kappa shape index (κ2) is 7.12. The zero-order valence-corrected chi connectivity index (χ0v) is 12.5. The number of carbonyl (C=O) groups is 1. The van der Waals surface area contributed by atoms with Crippen LogP contribution in [-0.4, -0.2) is 25.0 Å². The lowest BCUT2D eigenvalue weighted by Gasteiger charge is -2.23. The number of nitrogens with one attached hydrogen (secondary N) is 2. The smallest absolute Gasteiger partial charge is 0.261 e. The van der Waals surface area contributed by atoms with E-state index >= 15 is 0 Å². The third-order valence-electron chi connectivity index (χ3n) is 3.16. The van der Waals surface area contributed by atoms with Crippen LogP contribution < -0.4 is 10.6 Å². The quantitative estimate of drug-likeness (QED) is 0.898. The molecule has 0 unspecified atom stereocenters. The van der Waals surface area contributed by atoms with Gasteiger partial charge in [-0.1, -0.05) is 13.8 Å². The number of hydrogen-bond acceptors (Lipinski definition) is 3. The maximum Gasteiger partial charge on any atom is 0.261 e. The summed E-state index contributed by atoms with van der Waals surface area (Å²) in [7, 11) is 0. The number of thiophene rings is 1. The van der Waals surface area contributed by atoms with Gasteiger partial charge in [-0.25, -0.2) is 0 Å². The van der Waals surface area contributed by atoms with E-state index in [1.165, 1.54) is 0 Å². The molecule has 1 aromatic rings. The van der Waals surface area contributed by atoms with E-state index in [1.54, 1.807) is 11.3 Å². The van der Waals surface area contributed by atoms with Gasteiger partial charge in [0, 0.05) is 12.6 Å². The van der Waals surface area contributed by atoms with Crippen LogP contribution in [0.3, 0.4) is 0 Å². The van der Waals surface area contributed by atoms with E-state index in [9.17, 15) is 4.79 Å². The maximum absolute atomic E-state index is 12.2. The van der Waals surface area contributed by atoms with E-state index in [2.05, 4.69) is 30.5 Å². The molecule has 1 aromatic heterocycles. The maximum atomic E-state index is 12.2. The van der Waals surface area contributed by atoms with Crippen molar-refractivity contribution >= 4 is 29.7 Å². The first-order chi connectivity index (χ1) is 8.18. The molecule has 0 radical (unpaired) electrons. The van der Waals surface area contributed by atoms with Crippen molar-refractivity contribution < 1.29 is 4.79 Å². The van der Waals surface area contributed by atoms with E-state index in [-0.39, 0.29) is 18.3 Å². The minimum atomic E-state index is 0. The summed E-state index contributed by atoms with van der Waals surface area (Å²) in [6, 6.07) is 2.35. The number of carbonyl (C=O) groups excluding carboxylic acids is 1. The van der Waals surface area contributed by atoms with Crippen LogP contribution in [0.25, 0.3) is 0 Å². The summed E-state index contributed by atoms with van der Waals surface area (Å²) in [6.07, 6.45) is 2.23. The summed E-state index contributed by atoms with van der Waals surface area (Å²) >= 11 is 1.54. The third-order valence-corrected chi connectivity index (χ3v) is 4.08. The molecule has 0 bridgehead atoms. The van der Waals surface area contributed by atoms with E-state index in [4.69, 9.17) is 0 Å². The molecule has 1 aliphatic heterocycles. The Morgan fingerprint density at radius 1 is 1.56 bits per heavy atom. The summed E-state index contributed by atoms with van der Waals surface area (Å²) < 4.78 is 0. The predicted molar refractivity (Wildman–Crippen MR) is 79.0 cm³/mol. The molecule has 5 heteroatoms. The van der Waals surface area contributed by atoms with Crippen LogP contribution in [-0.2, 0) is 0 Å². The number of piperidine rings is 1. The van der Waals surface area contributed by atoms with E-state index in [1.807, 2.05) is 5.38 Å². The van der Waals surface area contributed by atoms with Gasteiger partial charge in [0.05, 0.1) is 4.88 Å². The van der Waals surface area contributed by atoms with Gasteiger partial charge in [-0.2, -0.15) is 0 Å². The first kappa shape index (κ1) is 15.5. The fraction of sp³-hybridized carbons (Fsp3) is 0.615. The third kappa shape index (κ3) is 3.70. The minimum Gasteiger partial charge on any atom is -0.347 e. The van der Waals surface area contributed by atoms with Gasteiger partial charge < -0.3 is 10.6 Å². The monoisotopic (exact) mass is 288 g/mol. The lowest BCUT2D eigenvalue weighted by Crippen LogP contribution is -2.45. The van der Waals surface area contributed by atoms with Crippen LogP contribution in [0, 0.1) is 0 Å². The highest BCUT2D eigenvalue weighted by Gasteiger charge is 2.20. The van der Waals surface area contributed by atoms with Gasteiger partial charge >= 0.3 is 0 Å². The molecule has 1 fully saturated rings. The van der Waals surface area contributed by atoms with Crippen molar-refractivity contribution in [3.63, 3.8) is 0 Å². The second-order valence-electron chi connectivity index (χ2n) is 4.88. The molecule has 102 valence electrons. The summed E-state index contributed by atoms with van der Waals surface area (Å²) in [5.74, 6) is 0.504. The topological polar surface area (TPSA) is 41.1 Å². The fourth-order valence-electron chi connectivity index (χ4n) is 2.18. The van der Waals surface area contributed by atoms with Crippen molar-refractivity contribution in [3.8, 4) is 0 Å². The molecule has 1 aliphatic rings. The van der Waals surface area contributed by atoms with E-state index in [0.717, 1.165) is 36.4 Å². The fourth-order valence-corrected chi connectivity index (χ4v) is 3.14. The van der Waals surface area contributed by atoms with Crippen LogP contribution in [0.2, 0.25) is 0 Å². The highest BCUT2D eigenvalue weighted by molar-refractivity contribution is 7.12. The van der Waals surface area contributed by atoms with Gasteiger partial charge in [-0.15, -0.1) is 23.7 Å². The number of rotatable bonds is 3. The average Bonchev–Trinajstić information content (AvgIpc) is 2.79. The van der Waals surface area contributed by atoms with Crippen LogP contribution in [0.4, 0.5) is 0 Å². The van der Waals surface area contributed by atoms with Crippen molar-refractivity contribution in [1.82, 2.24) is 10.6 Å². The van der Waals surface area contributed by atoms with Gasteiger partial charge in [0.1, 0.15) is 0 Å². The molecule has 1 amide bonds. The molecule has 0 aromatic carbocycles. The Morgan fingerprint density at radius 3 is 2.94 bits per heavy atom. The molecule has 1 atom stereocenters. The highest BCUT2D eigenvalue weighted by Crippen LogP contribution is 2.24. The van der Waals surface area contributed by atoms with E-state index < -0.39 is 0 Å². The van der Waals surface area contributed by atoms with E-state index in [0.29, 0.717) is 12.0 Å². The molecule has 2 heterocycles. The minimum absolute atomic E-state index is 0. The SMILES string of the molecule is CC(C)c1ccsc1C(=O)N[C@H]1CCCNC1.Cl. The lowest BCUT2D eigenvalue weighted by molar-refractivity contribution is 0.0933. The Labute approximate surface area is 119 Å². The molecule has 0 saturated carbocycles. The Kier molecular flexibility index (Phi) is 6.12. The Hall–Kier alpha value is -0.580. The van der Waals surface area contributed by atoms with Crippen molar-refractivity contribution in [3.05, 3.63) is 21.9 Å². The van der Waals surface area contributed by atoms with Gasteiger partial charge in [0.25, 0.3) is 5.91 Å². The van der Waals surface area contributed by atoms with Gasteiger partial charge in [-0.3, -0.25) is 4.79 Å². The van der Waals surface area contributed by atoms with Crippen molar-refractivity contribution in [2.75, 3.05) is 13.1 Å². The first-order valence-corrected chi connectivity index (χ1v) is 7.15. The van der Waals surface area contributed by atoms with Gasteiger partial charge in [-0.05, 0) is 42.3 Å². The van der Waals surface area contributed by atoms with Crippen molar-refractivity contribution in [2.24, 2.45) is 0 Å². The average molecular weight is 289 g/mol. The van der Waals surface area contributed by atoms with Crippen molar-refractivity contribution in [1.29, 1.82) is 0 Å². The van der Waals surface area contributed by atoms with Crippen LogP contribution in [0.15, 0.2) is 11.4 Å². The number of amides is 1. The zero-order chi connectivity index (χ0) is 12.3. The summed E-state index contributed by atoms with van der Waals surface area (Å²) in [5, 5.41) is 8.44. The number of halogens is 1. The molecular formula is C13H21ClN2OS. The Morgan fingerprint density at radius 2 is 2.33 bits per heavy atom. The molecule has 3 nitrogen and oxygen atoms in total. The highest BCUT2D eigenvalue weighted by atomic mass is 35.5. The van der Waals surface area contributed by atoms with Gasteiger partial charge in [0.2, 0.25) is 0 Å². The summed E-state index contributed by atoms with van der Waals surface area (Å²) in [6.45, 7) is 6.22. The lowest BCUT2D eigenvalue weighted by atomic mass is 10.0. The van der Waals surface area contributed by atoms with Crippen molar-refractivity contribution in [2.45, 2.75) is 38.6 Å². The normalized spacial score (nSPS) is 19.4. The van der Waals surface area contributed by atoms with Gasteiger partial charge in [0.15, 0.2) is 0 Å². The Bertz CT molecular complexity index is 386. The van der Waals surface area contributed by atoms with Crippen LogP contribution >= 0.6 is 23.7 Å². The standard InChI is InChI=1S/C13H20N2OS.ClH/c1-9(2)11-5-7-17-12(11)13(16)15-10-4-3-6-14-8-10;/h5,7,9-10,14H,3-4,6,8H2,1-2H3,(H,15,16);1H/t10-;/m0./s1. The molecule has 0 aliphatic carbocycles. The van der Waals surface area contributed by atoms with Crippen LogP contribution in [0.5, 0.6) is 0 Å². The molecule has 2 N–H and O–H groups in total. The molecule has 1 saturated heterocycles. The molecular weight excluding hydrogens is 268 g/mol. The first-order valence-electron chi connectivity index (χ1n) is 6.27. The summed E-state index contributed by atoms with van der Waals surface area (Å²) in [5.41, 5.74) is 1.16. The molecule has 18 heavy (non-hydrogen) atoms. The zero-order valence-electron chi connectivity index (χ0n) is 10.9.